The van der Waals surface area contributed by atoms with Crippen molar-refractivity contribution >= 4 is 17.6 Å². The zero-order chi connectivity index (χ0) is 15.4. The number of carbonyl (C=O) groups is 1. The standard InChI is InChI=1S/C15H19ClFNO3/c1-21-15(20)14(19)11-4-6-18(7-5-11)9-10-2-3-12(16)13(17)8-10/h2-3,8,11,14,19H,4-7,9H2,1H3. The van der Waals surface area contributed by atoms with E-state index in [2.05, 4.69) is 9.64 Å². The quantitative estimate of drug-likeness (QED) is 0.866. The Hall–Kier alpha value is -1.17. The summed E-state index contributed by atoms with van der Waals surface area (Å²) in [7, 11) is 1.27. The van der Waals surface area contributed by atoms with Crippen LogP contribution in [0.25, 0.3) is 0 Å². The van der Waals surface area contributed by atoms with Crippen molar-refractivity contribution in [3.63, 3.8) is 0 Å². The molecule has 1 atom stereocenters. The summed E-state index contributed by atoms with van der Waals surface area (Å²) in [5.74, 6) is -1.06. The molecule has 116 valence electrons. The number of nitrogens with zero attached hydrogens (tertiary/aromatic N) is 1. The Kier molecular flexibility index (Phi) is 5.56. The molecule has 1 N–H and O–H groups in total. The number of carbonyl (C=O) groups excluding carboxylic acids is 1. The van der Waals surface area contributed by atoms with Gasteiger partial charge in [0.2, 0.25) is 0 Å². The molecule has 6 heteroatoms. The van der Waals surface area contributed by atoms with Gasteiger partial charge in [0.15, 0.2) is 6.10 Å². The van der Waals surface area contributed by atoms with E-state index < -0.39 is 17.9 Å². The maximum Gasteiger partial charge on any atom is 0.334 e. The highest BCUT2D eigenvalue weighted by atomic mass is 35.5. The first-order chi connectivity index (χ1) is 10.0. The fourth-order valence-electron chi connectivity index (χ4n) is 2.64. The van der Waals surface area contributed by atoms with Crippen LogP contribution in [0.3, 0.4) is 0 Å². The summed E-state index contributed by atoms with van der Waals surface area (Å²) in [5.41, 5.74) is 0.865. The maximum absolute atomic E-state index is 13.4. The van der Waals surface area contributed by atoms with Gasteiger partial charge < -0.3 is 9.84 Å². The third-order valence-electron chi connectivity index (χ3n) is 3.91. The third-order valence-corrected chi connectivity index (χ3v) is 4.22. The summed E-state index contributed by atoms with van der Waals surface area (Å²) in [6.07, 6.45) is 0.378. The Balaban J connectivity index is 1.86. The van der Waals surface area contributed by atoms with Gasteiger partial charge in [-0.1, -0.05) is 17.7 Å². The maximum atomic E-state index is 13.4. The summed E-state index contributed by atoms with van der Waals surface area (Å²) >= 11 is 5.66. The van der Waals surface area contributed by atoms with Crippen molar-refractivity contribution in [1.29, 1.82) is 0 Å². The van der Waals surface area contributed by atoms with Crippen molar-refractivity contribution in [2.24, 2.45) is 5.92 Å². The highest BCUT2D eigenvalue weighted by Gasteiger charge is 2.30. The molecular weight excluding hydrogens is 297 g/mol. The third kappa shape index (κ3) is 4.15. The van der Waals surface area contributed by atoms with Crippen molar-refractivity contribution < 1.29 is 19.0 Å². The minimum atomic E-state index is -1.05. The van der Waals surface area contributed by atoms with E-state index in [9.17, 15) is 14.3 Å². The SMILES string of the molecule is COC(=O)C(O)C1CCN(Cc2ccc(Cl)c(F)c2)CC1. The van der Waals surface area contributed by atoms with E-state index >= 15 is 0 Å². The molecule has 0 saturated carbocycles. The van der Waals surface area contributed by atoms with Gasteiger partial charge in [0.25, 0.3) is 0 Å². The van der Waals surface area contributed by atoms with E-state index in [1.54, 1.807) is 12.1 Å². The fraction of sp³-hybridized carbons (Fsp3) is 0.533. The first kappa shape index (κ1) is 16.2. The zero-order valence-corrected chi connectivity index (χ0v) is 12.6. The predicted octanol–water partition coefficient (Wildman–Crippen LogP) is 2.22. The molecule has 0 bridgehead atoms. The van der Waals surface area contributed by atoms with Gasteiger partial charge in [-0.3, -0.25) is 4.90 Å². The highest BCUT2D eigenvalue weighted by Crippen LogP contribution is 2.23. The molecule has 21 heavy (non-hydrogen) atoms. The topological polar surface area (TPSA) is 49.8 Å². The van der Waals surface area contributed by atoms with Crippen LogP contribution in [0.5, 0.6) is 0 Å². The Morgan fingerprint density at radius 1 is 1.52 bits per heavy atom. The van der Waals surface area contributed by atoms with Gasteiger partial charge in [-0.2, -0.15) is 0 Å². The van der Waals surface area contributed by atoms with Crippen molar-refractivity contribution in [3.8, 4) is 0 Å². The number of halogens is 2. The second kappa shape index (κ2) is 7.20. The van der Waals surface area contributed by atoms with Crippen molar-refractivity contribution in [3.05, 3.63) is 34.6 Å². The molecule has 1 unspecified atom stereocenters. The summed E-state index contributed by atoms with van der Waals surface area (Å²) in [6.45, 7) is 2.14. The highest BCUT2D eigenvalue weighted by molar-refractivity contribution is 6.30. The summed E-state index contributed by atoms with van der Waals surface area (Å²) in [6, 6.07) is 4.80. The number of methoxy groups -OCH3 is 1. The number of hydrogen-bond acceptors (Lipinski definition) is 4. The van der Waals surface area contributed by atoms with Crippen LogP contribution in [0.1, 0.15) is 18.4 Å². The van der Waals surface area contributed by atoms with Crippen LogP contribution in [0.15, 0.2) is 18.2 Å². The first-order valence-electron chi connectivity index (χ1n) is 6.93. The predicted molar refractivity (Wildman–Crippen MR) is 77.4 cm³/mol. The number of aliphatic hydroxyl groups excluding tert-OH is 1. The van der Waals surface area contributed by atoms with Crippen LogP contribution in [-0.4, -0.2) is 42.3 Å². The number of esters is 1. The minimum absolute atomic E-state index is 0.0735. The lowest BCUT2D eigenvalue weighted by atomic mass is 9.91. The van der Waals surface area contributed by atoms with E-state index in [4.69, 9.17) is 11.6 Å². The number of likely N-dealkylation sites (tertiary alicyclic amines) is 1. The summed E-state index contributed by atoms with van der Waals surface area (Å²) < 4.78 is 17.9. The van der Waals surface area contributed by atoms with Gasteiger partial charge in [0, 0.05) is 6.54 Å². The smallest absolute Gasteiger partial charge is 0.334 e. The molecule has 1 aromatic rings. The Labute approximate surface area is 128 Å². The van der Waals surface area contributed by atoms with Crippen molar-refractivity contribution in [2.45, 2.75) is 25.5 Å². The molecule has 0 aliphatic carbocycles. The molecule has 1 aliphatic rings. The second-order valence-corrected chi connectivity index (χ2v) is 5.74. The number of hydrogen-bond donors (Lipinski definition) is 1. The average Bonchev–Trinajstić information content (AvgIpc) is 2.50. The average molecular weight is 316 g/mol. The largest absolute Gasteiger partial charge is 0.467 e. The lowest BCUT2D eigenvalue weighted by Gasteiger charge is -2.33. The lowest BCUT2D eigenvalue weighted by Crippen LogP contribution is -2.40. The number of piperidine rings is 1. The van der Waals surface area contributed by atoms with Gasteiger partial charge in [-0.05, 0) is 49.5 Å². The second-order valence-electron chi connectivity index (χ2n) is 5.33. The molecule has 1 fully saturated rings. The Bertz CT molecular complexity index is 504. The normalized spacial score (nSPS) is 18.5. The van der Waals surface area contributed by atoms with Gasteiger partial charge in [-0.15, -0.1) is 0 Å². The lowest BCUT2D eigenvalue weighted by molar-refractivity contribution is -0.154. The van der Waals surface area contributed by atoms with Gasteiger partial charge in [0.05, 0.1) is 12.1 Å². The van der Waals surface area contributed by atoms with E-state index in [1.165, 1.54) is 13.2 Å². The molecule has 1 saturated heterocycles. The number of ether oxygens (including phenoxy) is 1. The van der Waals surface area contributed by atoms with Gasteiger partial charge >= 0.3 is 5.97 Å². The van der Waals surface area contributed by atoms with E-state index in [0.29, 0.717) is 19.4 Å². The molecule has 0 radical (unpaired) electrons. The molecule has 0 amide bonds. The van der Waals surface area contributed by atoms with Gasteiger partial charge in [-0.25, -0.2) is 9.18 Å². The number of aliphatic hydroxyl groups is 1. The van der Waals surface area contributed by atoms with Crippen LogP contribution in [-0.2, 0) is 16.1 Å². The van der Waals surface area contributed by atoms with Gasteiger partial charge in [0.1, 0.15) is 5.82 Å². The van der Waals surface area contributed by atoms with Crippen LogP contribution in [0.4, 0.5) is 4.39 Å². The van der Waals surface area contributed by atoms with Crippen molar-refractivity contribution in [2.75, 3.05) is 20.2 Å². The van der Waals surface area contributed by atoms with Crippen LogP contribution in [0.2, 0.25) is 5.02 Å². The molecular formula is C15H19ClFNO3. The molecule has 1 aromatic carbocycles. The zero-order valence-electron chi connectivity index (χ0n) is 11.9. The Morgan fingerprint density at radius 3 is 2.76 bits per heavy atom. The van der Waals surface area contributed by atoms with Crippen LogP contribution < -0.4 is 0 Å². The number of rotatable bonds is 4. The first-order valence-corrected chi connectivity index (χ1v) is 7.31. The molecule has 4 nitrogen and oxygen atoms in total. The van der Waals surface area contributed by atoms with Crippen molar-refractivity contribution in [1.82, 2.24) is 4.90 Å². The van der Waals surface area contributed by atoms with Crippen LogP contribution >= 0.6 is 11.6 Å². The van der Waals surface area contributed by atoms with Crippen LogP contribution in [0, 0.1) is 11.7 Å². The molecule has 0 spiro atoms. The molecule has 2 rings (SSSR count). The van der Waals surface area contributed by atoms with E-state index in [0.717, 1.165) is 18.7 Å². The molecule has 1 aliphatic heterocycles. The number of benzene rings is 1. The van der Waals surface area contributed by atoms with E-state index in [-0.39, 0.29) is 10.9 Å². The fourth-order valence-corrected chi connectivity index (χ4v) is 2.75. The minimum Gasteiger partial charge on any atom is -0.467 e. The summed E-state index contributed by atoms with van der Waals surface area (Å²) in [4.78, 5) is 13.5. The Morgan fingerprint density at radius 2 is 2.19 bits per heavy atom. The monoisotopic (exact) mass is 315 g/mol. The summed E-state index contributed by atoms with van der Waals surface area (Å²) in [5, 5.41) is 9.95. The van der Waals surface area contributed by atoms with E-state index in [1.807, 2.05) is 0 Å². The molecule has 0 aromatic heterocycles. The molecule has 1 heterocycles.